The van der Waals surface area contributed by atoms with Crippen molar-refractivity contribution >= 4 is 11.3 Å². The van der Waals surface area contributed by atoms with Crippen LogP contribution in [0.2, 0.25) is 0 Å². The highest BCUT2D eigenvalue weighted by molar-refractivity contribution is 7.11. The molecule has 20 heavy (non-hydrogen) atoms. The van der Waals surface area contributed by atoms with Gasteiger partial charge in [0.1, 0.15) is 0 Å². The van der Waals surface area contributed by atoms with Crippen molar-refractivity contribution in [2.45, 2.75) is 39.3 Å². The van der Waals surface area contributed by atoms with Crippen LogP contribution in [0.15, 0.2) is 12.1 Å². The molecule has 1 aromatic heterocycles. The molecule has 114 valence electrons. The van der Waals surface area contributed by atoms with Crippen molar-refractivity contribution in [1.82, 2.24) is 10.2 Å². The summed E-state index contributed by atoms with van der Waals surface area (Å²) in [6, 6.07) is 4.55. The van der Waals surface area contributed by atoms with Crippen molar-refractivity contribution in [3.8, 4) is 0 Å². The van der Waals surface area contributed by atoms with Gasteiger partial charge in [0, 0.05) is 42.6 Å². The predicted molar refractivity (Wildman–Crippen MR) is 86.2 cm³/mol. The highest BCUT2D eigenvalue weighted by atomic mass is 32.1. The molecule has 4 heteroatoms. The zero-order valence-electron chi connectivity index (χ0n) is 12.9. The first kappa shape index (κ1) is 16.0. The van der Waals surface area contributed by atoms with Crippen LogP contribution >= 0.6 is 11.3 Å². The average Bonchev–Trinajstić information content (AvgIpc) is 2.87. The average molecular weight is 296 g/mol. The molecule has 2 rings (SSSR count). The Labute approximate surface area is 127 Å². The van der Waals surface area contributed by atoms with E-state index in [0.29, 0.717) is 0 Å². The summed E-state index contributed by atoms with van der Waals surface area (Å²) in [5, 5.41) is 3.47. The van der Waals surface area contributed by atoms with Gasteiger partial charge in [-0.05, 0) is 50.9 Å². The lowest BCUT2D eigenvalue weighted by molar-refractivity contribution is 0.0550. The van der Waals surface area contributed by atoms with Crippen molar-refractivity contribution in [2.24, 2.45) is 5.92 Å². The molecule has 1 N–H and O–H groups in total. The van der Waals surface area contributed by atoms with Gasteiger partial charge in [-0.25, -0.2) is 0 Å². The minimum absolute atomic E-state index is 0.819. The highest BCUT2D eigenvalue weighted by Gasteiger charge is 2.16. The van der Waals surface area contributed by atoms with Crippen molar-refractivity contribution in [3.63, 3.8) is 0 Å². The number of nitrogens with zero attached hydrogens (tertiary/aromatic N) is 1. The van der Waals surface area contributed by atoms with Gasteiger partial charge in [0.2, 0.25) is 0 Å². The summed E-state index contributed by atoms with van der Waals surface area (Å²) in [6.45, 7) is 8.51. The van der Waals surface area contributed by atoms with Crippen LogP contribution in [0.5, 0.6) is 0 Å². The molecule has 0 aromatic carbocycles. The lowest BCUT2D eigenvalue weighted by atomic mass is 10.00. The Morgan fingerprint density at radius 2 is 2.05 bits per heavy atom. The third kappa shape index (κ3) is 5.52. The minimum atomic E-state index is 0.819. The molecule has 1 saturated heterocycles. The Balaban J connectivity index is 1.71. The van der Waals surface area contributed by atoms with E-state index >= 15 is 0 Å². The van der Waals surface area contributed by atoms with Gasteiger partial charge < -0.3 is 15.0 Å². The summed E-state index contributed by atoms with van der Waals surface area (Å²) in [5.74, 6) is 0.819. The second kappa shape index (κ2) is 8.78. The van der Waals surface area contributed by atoms with Crippen LogP contribution in [0.25, 0.3) is 0 Å². The van der Waals surface area contributed by atoms with E-state index in [4.69, 9.17) is 4.74 Å². The van der Waals surface area contributed by atoms with Crippen LogP contribution in [0.4, 0.5) is 0 Å². The minimum Gasteiger partial charge on any atom is -0.381 e. The summed E-state index contributed by atoms with van der Waals surface area (Å²) in [6.07, 6.45) is 3.65. The zero-order valence-corrected chi connectivity index (χ0v) is 13.7. The van der Waals surface area contributed by atoms with E-state index in [9.17, 15) is 0 Å². The fourth-order valence-corrected chi connectivity index (χ4v) is 3.76. The lowest BCUT2D eigenvalue weighted by Gasteiger charge is -2.26. The summed E-state index contributed by atoms with van der Waals surface area (Å²) in [7, 11) is 2.24. The number of nitrogens with one attached hydrogen (secondary N) is 1. The number of ether oxygens (including phenoxy) is 1. The molecule has 0 amide bonds. The molecule has 1 aliphatic rings. The quantitative estimate of drug-likeness (QED) is 0.746. The maximum atomic E-state index is 5.43. The molecule has 1 fully saturated rings. The first-order valence-electron chi connectivity index (χ1n) is 7.82. The molecule has 1 aliphatic heterocycles. The Hall–Kier alpha value is -0.420. The molecule has 1 aromatic rings. The lowest BCUT2D eigenvalue weighted by Crippen LogP contribution is -2.29. The van der Waals surface area contributed by atoms with E-state index in [1.165, 1.54) is 35.6 Å². The Morgan fingerprint density at radius 3 is 2.80 bits per heavy atom. The molecule has 2 heterocycles. The monoisotopic (exact) mass is 296 g/mol. The molecule has 0 atom stereocenters. The van der Waals surface area contributed by atoms with E-state index in [0.717, 1.165) is 38.8 Å². The summed E-state index contributed by atoms with van der Waals surface area (Å²) in [4.78, 5) is 5.39. The predicted octanol–water partition coefficient (Wildman–Crippen LogP) is 3.11. The normalized spacial score (nSPS) is 16.9. The topological polar surface area (TPSA) is 24.5 Å². The first-order chi connectivity index (χ1) is 9.78. The van der Waals surface area contributed by atoms with Gasteiger partial charge >= 0.3 is 0 Å². The Bertz CT molecular complexity index is 374. The van der Waals surface area contributed by atoms with E-state index in [1.54, 1.807) is 0 Å². The van der Waals surface area contributed by atoms with E-state index < -0.39 is 0 Å². The van der Waals surface area contributed by atoms with Crippen LogP contribution < -0.4 is 5.32 Å². The third-order valence-electron chi connectivity index (χ3n) is 3.78. The first-order valence-corrected chi connectivity index (χ1v) is 8.64. The van der Waals surface area contributed by atoms with Crippen LogP contribution in [0, 0.1) is 5.92 Å². The largest absolute Gasteiger partial charge is 0.381 e. The Kier molecular flexibility index (Phi) is 7.00. The molecule has 0 aliphatic carbocycles. The second-order valence-electron chi connectivity index (χ2n) is 5.80. The molecular formula is C16H28N2OS. The van der Waals surface area contributed by atoms with E-state index in [2.05, 4.69) is 36.3 Å². The van der Waals surface area contributed by atoms with Gasteiger partial charge in [-0.3, -0.25) is 0 Å². The fourth-order valence-electron chi connectivity index (χ4n) is 2.69. The van der Waals surface area contributed by atoms with Gasteiger partial charge in [-0.15, -0.1) is 11.3 Å². The summed E-state index contributed by atoms with van der Waals surface area (Å²) in [5.41, 5.74) is 0. The molecular weight excluding hydrogens is 268 g/mol. The summed E-state index contributed by atoms with van der Waals surface area (Å²) < 4.78 is 5.43. The highest BCUT2D eigenvalue weighted by Crippen LogP contribution is 2.20. The number of hydrogen-bond donors (Lipinski definition) is 1. The van der Waals surface area contributed by atoms with Crippen molar-refractivity contribution < 1.29 is 4.74 Å². The molecule has 0 saturated carbocycles. The SMILES string of the molecule is CCCNCc1ccc(CN(C)CC2CCOCC2)s1. The molecule has 0 radical (unpaired) electrons. The zero-order chi connectivity index (χ0) is 14.2. The Morgan fingerprint density at radius 1 is 1.30 bits per heavy atom. The fraction of sp³-hybridized carbons (Fsp3) is 0.750. The van der Waals surface area contributed by atoms with Crippen LogP contribution in [0.1, 0.15) is 35.9 Å². The summed E-state index contributed by atoms with van der Waals surface area (Å²) >= 11 is 1.94. The number of hydrogen-bond acceptors (Lipinski definition) is 4. The number of thiophene rings is 1. The maximum absolute atomic E-state index is 5.43. The second-order valence-corrected chi connectivity index (χ2v) is 7.05. The van der Waals surface area contributed by atoms with Crippen molar-refractivity contribution in [3.05, 3.63) is 21.9 Å². The van der Waals surface area contributed by atoms with Crippen LogP contribution in [0.3, 0.4) is 0 Å². The molecule has 0 bridgehead atoms. The van der Waals surface area contributed by atoms with Gasteiger partial charge in [0.05, 0.1) is 0 Å². The van der Waals surface area contributed by atoms with Gasteiger partial charge in [0.25, 0.3) is 0 Å². The van der Waals surface area contributed by atoms with Gasteiger partial charge in [-0.2, -0.15) is 0 Å². The third-order valence-corrected chi connectivity index (χ3v) is 4.85. The molecule has 0 spiro atoms. The van der Waals surface area contributed by atoms with Crippen LogP contribution in [-0.2, 0) is 17.8 Å². The van der Waals surface area contributed by atoms with E-state index in [1.807, 2.05) is 11.3 Å². The standard InChI is InChI=1S/C16H28N2OS/c1-3-8-17-11-15-4-5-16(20-15)13-18(2)12-14-6-9-19-10-7-14/h4-5,14,17H,3,6-13H2,1-2H3. The van der Waals surface area contributed by atoms with Crippen molar-refractivity contribution in [1.29, 1.82) is 0 Å². The van der Waals surface area contributed by atoms with E-state index in [-0.39, 0.29) is 0 Å². The number of rotatable bonds is 8. The maximum Gasteiger partial charge on any atom is 0.0469 e. The molecule has 0 unspecified atom stereocenters. The van der Waals surface area contributed by atoms with Crippen LogP contribution in [-0.4, -0.2) is 38.3 Å². The van der Waals surface area contributed by atoms with Gasteiger partial charge in [0.15, 0.2) is 0 Å². The smallest absolute Gasteiger partial charge is 0.0469 e. The molecule has 3 nitrogen and oxygen atoms in total. The van der Waals surface area contributed by atoms with Crippen molar-refractivity contribution in [2.75, 3.05) is 33.4 Å². The van der Waals surface area contributed by atoms with Gasteiger partial charge in [-0.1, -0.05) is 6.92 Å².